The number of nitrogens with zero attached hydrogens (tertiary/aromatic N) is 3. The molecule has 5 nitrogen and oxygen atoms in total. The van der Waals surface area contributed by atoms with Gasteiger partial charge in [0.25, 0.3) is 5.22 Å². The van der Waals surface area contributed by atoms with Crippen molar-refractivity contribution in [2.24, 2.45) is 0 Å². The predicted molar refractivity (Wildman–Crippen MR) is 51.8 cm³/mol. The van der Waals surface area contributed by atoms with E-state index in [0.717, 1.165) is 10.7 Å². The van der Waals surface area contributed by atoms with Crippen LogP contribution in [0, 0.1) is 6.92 Å². The molecule has 0 aromatic carbocycles. The van der Waals surface area contributed by atoms with Gasteiger partial charge in [-0.1, -0.05) is 0 Å². The second-order valence-electron chi connectivity index (χ2n) is 2.64. The molecule has 0 aliphatic heterocycles. The normalized spacial score (nSPS) is 10.4. The highest BCUT2D eigenvalue weighted by Gasteiger charge is 2.04. The molecule has 0 unspecified atom stereocenters. The van der Waals surface area contributed by atoms with Crippen molar-refractivity contribution in [1.82, 2.24) is 15.0 Å². The lowest BCUT2D eigenvalue weighted by molar-refractivity contribution is 0.454. The van der Waals surface area contributed by atoms with Crippen LogP contribution in [0.25, 0.3) is 0 Å². The van der Waals surface area contributed by atoms with Crippen LogP contribution in [0.1, 0.15) is 5.69 Å². The Labute approximate surface area is 84.8 Å². The summed E-state index contributed by atoms with van der Waals surface area (Å²) in [4.78, 5) is 11.9. The smallest absolute Gasteiger partial charge is 0.262 e. The van der Waals surface area contributed by atoms with Crippen LogP contribution in [0.5, 0.6) is 0 Å². The van der Waals surface area contributed by atoms with Gasteiger partial charge in [0.1, 0.15) is 23.4 Å². The SMILES string of the molecule is Cc1coc(Sc2cc(N)ncn2)n1. The summed E-state index contributed by atoms with van der Waals surface area (Å²) in [7, 11) is 0. The van der Waals surface area contributed by atoms with Crippen molar-refractivity contribution in [3.05, 3.63) is 24.4 Å². The fourth-order valence-corrected chi connectivity index (χ4v) is 1.62. The van der Waals surface area contributed by atoms with Gasteiger partial charge in [-0.2, -0.15) is 0 Å². The highest BCUT2D eigenvalue weighted by Crippen LogP contribution is 2.25. The van der Waals surface area contributed by atoms with Gasteiger partial charge in [-0.25, -0.2) is 15.0 Å². The molecule has 0 spiro atoms. The largest absolute Gasteiger partial charge is 0.439 e. The van der Waals surface area contributed by atoms with E-state index in [-0.39, 0.29) is 0 Å². The molecule has 2 aromatic rings. The van der Waals surface area contributed by atoms with Crippen LogP contribution in [-0.2, 0) is 0 Å². The van der Waals surface area contributed by atoms with Crippen LogP contribution in [0.15, 0.2) is 33.3 Å². The minimum atomic E-state index is 0.436. The number of nitrogen functional groups attached to an aromatic ring is 1. The number of aryl methyl sites for hydroxylation is 1. The summed E-state index contributed by atoms with van der Waals surface area (Å²) in [6.07, 6.45) is 3.00. The van der Waals surface area contributed by atoms with Gasteiger partial charge < -0.3 is 10.2 Å². The van der Waals surface area contributed by atoms with Crippen molar-refractivity contribution < 1.29 is 4.42 Å². The Morgan fingerprint density at radius 2 is 2.29 bits per heavy atom. The number of hydrogen-bond acceptors (Lipinski definition) is 6. The average Bonchev–Trinajstić information content (AvgIpc) is 2.51. The highest BCUT2D eigenvalue weighted by molar-refractivity contribution is 7.99. The Morgan fingerprint density at radius 3 is 2.93 bits per heavy atom. The van der Waals surface area contributed by atoms with Gasteiger partial charge in [0, 0.05) is 6.07 Å². The predicted octanol–water partition coefficient (Wildman–Crippen LogP) is 1.51. The Kier molecular flexibility index (Phi) is 2.36. The minimum Gasteiger partial charge on any atom is -0.439 e. The molecule has 0 radical (unpaired) electrons. The first-order valence-corrected chi connectivity index (χ1v) is 4.73. The van der Waals surface area contributed by atoms with Crippen LogP contribution in [0.4, 0.5) is 5.82 Å². The summed E-state index contributed by atoms with van der Waals surface area (Å²) in [6, 6.07) is 1.67. The van der Waals surface area contributed by atoms with Gasteiger partial charge in [0.2, 0.25) is 0 Å². The molecule has 2 aromatic heterocycles. The zero-order valence-corrected chi connectivity index (χ0v) is 8.28. The van der Waals surface area contributed by atoms with Gasteiger partial charge in [0.15, 0.2) is 0 Å². The van der Waals surface area contributed by atoms with E-state index in [1.807, 2.05) is 6.92 Å². The molecule has 0 saturated carbocycles. The summed E-state index contributed by atoms with van der Waals surface area (Å²) < 4.78 is 5.16. The van der Waals surface area contributed by atoms with Crippen LogP contribution in [0.3, 0.4) is 0 Å². The van der Waals surface area contributed by atoms with Crippen LogP contribution in [0.2, 0.25) is 0 Å². The lowest BCUT2D eigenvalue weighted by Gasteiger charge is -1.95. The number of rotatable bonds is 2. The van der Waals surface area contributed by atoms with Gasteiger partial charge in [-0.3, -0.25) is 0 Å². The Balaban J connectivity index is 2.18. The van der Waals surface area contributed by atoms with E-state index in [9.17, 15) is 0 Å². The Hall–Kier alpha value is -1.56. The molecule has 2 heterocycles. The molecule has 2 N–H and O–H groups in total. The summed E-state index contributed by atoms with van der Waals surface area (Å²) in [5.74, 6) is 0.436. The number of aromatic nitrogens is 3. The monoisotopic (exact) mass is 208 g/mol. The van der Waals surface area contributed by atoms with Crippen molar-refractivity contribution in [3.63, 3.8) is 0 Å². The lowest BCUT2D eigenvalue weighted by atomic mass is 10.6. The Morgan fingerprint density at radius 1 is 1.43 bits per heavy atom. The summed E-state index contributed by atoms with van der Waals surface area (Å²) in [5, 5.41) is 1.28. The minimum absolute atomic E-state index is 0.436. The quantitative estimate of drug-likeness (QED) is 0.753. The maximum Gasteiger partial charge on any atom is 0.262 e. The molecule has 0 saturated heterocycles. The van der Waals surface area contributed by atoms with Crippen LogP contribution in [-0.4, -0.2) is 15.0 Å². The lowest BCUT2D eigenvalue weighted by Crippen LogP contribution is -1.91. The van der Waals surface area contributed by atoms with Crippen molar-refractivity contribution in [1.29, 1.82) is 0 Å². The van der Waals surface area contributed by atoms with Gasteiger partial charge >= 0.3 is 0 Å². The molecule has 0 amide bonds. The summed E-state index contributed by atoms with van der Waals surface area (Å²) >= 11 is 1.31. The molecular formula is C8H8N4OS. The number of oxazole rings is 1. The first-order valence-electron chi connectivity index (χ1n) is 3.91. The molecule has 14 heavy (non-hydrogen) atoms. The van der Waals surface area contributed by atoms with E-state index in [1.165, 1.54) is 18.1 Å². The second kappa shape index (κ2) is 3.67. The number of nitrogens with two attached hydrogens (primary N) is 1. The third kappa shape index (κ3) is 2.02. The van der Waals surface area contributed by atoms with Crippen molar-refractivity contribution >= 4 is 17.6 Å². The van der Waals surface area contributed by atoms with Crippen molar-refractivity contribution in [2.45, 2.75) is 17.2 Å². The van der Waals surface area contributed by atoms with E-state index in [1.54, 1.807) is 12.3 Å². The third-order valence-corrected chi connectivity index (χ3v) is 2.25. The zero-order valence-electron chi connectivity index (χ0n) is 7.47. The number of anilines is 1. The first kappa shape index (κ1) is 9.01. The summed E-state index contributed by atoms with van der Waals surface area (Å²) in [6.45, 7) is 1.86. The molecule has 72 valence electrons. The number of hydrogen-bond donors (Lipinski definition) is 1. The Bertz CT molecular complexity index is 442. The molecule has 6 heteroatoms. The molecule has 0 atom stereocenters. The molecule has 2 rings (SSSR count). The van der Waals surface area contributed by atoms with E-state index in [2.05, 4.69) is 15.0 Å². The van der Waals surface area contributed by atoms with E-state index in [4.69, 9.17) is 10.2 Å². The molecule has 0 aliphatic carbocycles. The molecule has 0 fully saturated rings. The van der Waals surface area contributed by atoms with Crippen molar-refractivity contribution in [3.8, 4) is 0 Å². The first-order chi connectivity index (χ1) is 6.74. The maximum absolute atomic E-state index is 5.50. The van der Waals surface area contributed by atoms with E-state index >= 15 is 0 Å². The fourth-order valence-electron chi connectivity index (χ4n) is 0.878. The van der Waals surface area contributed by atoms with Crippen LogP contribution < -0.4 is 5.73 Å². The second-order valence-corrected chi connectivity index (χ2v) is 3.61. The fraction of sp³-hybridized carbons (Fsp3) is 0.125. The zero-order chi connectivity index (χ0) is 9.97. The average molecular weight is 208 g/mol. The van der Waals surface area contributed by atoms with Gasteiger partial charge in [-0.15, -0.1) is 0 Å². The van der Waals surface area contributed by atoms with Crippen molar-refractivity contribution in [2.75, 3.05) is 5.73 Å². The van der Waals surface area contributed by atoms with Gasteiger partial charge in [0.05, 0.1) is 5.69 Å². The van der Waals surface area contributed by atoms with E-state index in [0.29, 0.717) is 11.0 Å². The van der Waals surface area contributed by atoms with Crippen LogP contribution >= 0.6 is 11.8 Å². The molecular weight excluding hydrogens is 200 g/mol. The van der Waals surface area contributed by atoms with Gasteiger partial charge in [-0.05, 0) is 18.7 Å². The topological polar surface area (TPSA) is 77.8 Å². The standard InChI is InChI=1S/C8H8N4OS/c1-5-3-13-8(12-5)14-7-2-6(9)10-4-11-7/h2-4H,1H3,(H2,9,10,11). The summed E-state index contributed by atoms with van der Waals surface area (Å²) in [5.41, 5.74) is 6.34. The highest BCUT2D eigenvalue weighted by atomic mass is 32.2. The molecule has 0 bridgehead atoms. The maximum atomic E-state index is 5.50. The molecule has 0 aliphatic rings. The third-order valence-electron chi connectivity index (χ3n) is 1.45. The van der Waals surface area contributed by atoms with E-state index < -0.39 is 0 Å².